The van der Waals surface area contributed by atoms with Crippen LogP contribution in [0.1, 0.15) is 56.9 Å². The molecule has 162 valence electrons. The van der Waals surface area contributed by atoms with Gasteiger partial charge in [-0.25, -0.2) is 0 Å². The zero-order chi connectivity index (χ0) is 20.9. The molecule has 1 aromatic heterocycles. The normalized spacial score (nSPS) is 18.6. The first-order valence-corrected chi connectivity index (χ1v) is 11.7. The van der Waals surface area contributed by atoms with E-state index in [9.17, 15) is 4.79 Å². The van der Waals surface area contributed by atoms with Gasteiger partial charge in [-0.2, -0.15) is 5.10 Å². The molecule has 1 N–H and O–H groups in total. The molecular formula is C23H32N4O2S. The van der Waals surface area contributed by atoms with E-state index in [1.54, 1.807) is 0 Å². The molecule has 1 aromatic carbocycles. The Hall–Kier alpha value is -1.99. The summed E-state index contributed by atoms with van der Waals surface area (Å²) in [6.45, 7) is 4.18. The molecule has 7 heteroatoms. The SMILES string of the molecule is Cc1ccc(-c2n[nH]c(=S)n2CCC(=O)N2CCC(OC3CCCCC3)CC2)cc1. The molecule has 1 saturated heterocycles. The third-order valence-corrected chi connectivity index (χ3v) is 6.66. The number of aryl methyl sites for hydroxylation is 1. The van der Waals surface area contributed by atoms with Crippen molar-refractivity contribution in [2.75, 3.05) is 13.1 Å². The summed E-state index contributed by atoms with van der Waals surface area (Å²) in [5, 5.41) is 7.25. The van der Waals surface area contributed by atoms with Gasteiger partial charge in [-0.1, -0.05) is 49.1 Å². The molecule has 2 heterocycles. The fraction of sp³-hybridized carbons (Fsp3) is 0.609. The second kappa shape index (κ2) is 9.88. The molecular weight excluding hydrogens is 396 g/mol. The molecule has 1 aliphatic heterocycles. The van der Waals surface area contributed by atoms with E-state index in [1.165, 1.54) is 37.7 Å². The Morgan fingerprint density at radius 3 is 2.47 bits per heavy atom. The summed E-state index contributed by atoms with van der Waals surface area (Å²) in [6, 6.07) is 8.19. The summed E-state index contributed by atoms with van der Waals surface area (Å²) in [6.07, 6.45) is 9.42. The average Bonchev–Trinajstić information content (AvgIpc) is 3.14. The first-order valence-electron chi connectivity index (χ1n) is 11.3. The minimum absolute atomic E-state index is 0.184. The number of hydrogen-bond donors (Lipinski definition) is 1. The average molecular weight is 429 g/mol. The second-order valence-electron chi connectivity index (χ2n) is 8.60. The van der Waals surface area contributed by atoms with Gasteiger partial charge in [-0.05, 0) is 44.8 Å². The number of carbonyl (C=O) groups is 1. The highest BCUT2D eigenvalue weighted by molar-refractivity contribution is 7.71. The molecule has 0 spiro atoms. The Morgan fingerprint density at radius 2 is 1.77 bits per heavy atom. The van der Waals surface area contributed by atoms with Gasteiger partial charge in [0.25, 0.3) is 0 Å². The summed E-state index contributed by atoms with van der Waals surface area (Å²) in [4.78, 5) is 14.8. The summed E-state index contributed by atoms with van der Waals surface area (Å²) in [5.41, 5.74) is 2.20. The smallest absolute Gasteiger partial charge is 0.224 e. The molecule has 0 atom stereocenters. The quantitative estimate of drug-likeness (QED) is 0.681. The minimum Gasteiger partial charge on any atom is -0.375 e. The lowest BCUT2D eigenvalue weighted by atomic mass is 9.97. The third-order valence-electron chi connectivity index (χ3n) is 6.35. The molecule has 0 bridgehead atoms. The Labute approximate surface area is 183 Å². The third kappa shape index (κ3) is 5.19. The standard InChI is InChI=1S/C23H32N4O2S/c1-17-7-9-18(10-8-17)22-24-25-23(30)27(22)16-13-21(28)26-14-11-20(12-15-26)29-19-5-3-2-4-6-19/h7-10,19-20H,2-6,11-16H2,1H3,(H,25,30). The van der Waals surface area contributed by atoms with Gasteiger partial charge in [0.15, 0.2) is 10.6 Å². The van der Waals surface area contributed by atoms with E-state index in [0.717, 1.165) is 37.3 Å². The Kier molecular flexibility index (Phi) is 7.00. The molecule has 1 saturated carbocycles. The first-order chi connectivity index (χ1) is 14.6. The number of piperidine rings is 1. The lowest BCUT2D eigenvalue weighted by Gasteiger charge is -2.35. The fourth-order valence-corrected chi connectivity index (χ4v) is 4.75. The van der Waals surface area contributed by atoms with Crippen molar-refractivity contribution in [1.82, 2.24) is 19.7 Å². The van der Waals surface area contributed by atoms with Gasteiger partial charge >= 0.3 is 0 Å². The van der Waals surface area contributed by atoms with Crippen LogP contribution in [0, 0.1) is 11.7 Å². The topological polar surface area (TPSA) is 63.2 Å². The summed E-state index contributed by atoms with van der Waals surface area (Å²) < 4.78 is 8.78. The van der Waals surface area contributed by atoms with Gasteiger partial charge in [0.1, 0.15) is 0 Å². The van der Waals surface area contributed by atoms with Crippen LogP contribution in [0.4, 0.5) is 0 Å². The Balaban J connectivity index is 1.29. The van der Waals surface area contributed by atoms with Crippen LogP contribution in [0.15, 0.2) is 24.3 Å². The van der Waals surface area contributed by atoms with E-state index in [-0.39, 0.29) is 5.91 Å². The number of likely N-dealkylation sites (tertiary alicyclic amines) is 1. The van der Waals surface area contributed by atoms with Crippen molar-refractivity contribution in [2.45, 2.75) is 77.0 Å². The molecule has 30 heavy (non-hydrogen) atoms. The van der Waals surface area contributed by atoms with Gasteiger partial charge in [0, 0.05) is 31.6 Å². The molecule has 0 unspecified atom stereocenters. The molecule has 4 rings (SSSR count). The van der Waals surface area contributed by atoms with E-state index >= 15 is 0 Å². The number of benzene rings is 1. The highest BCUT2D eigenvalue weighted by Crippen LogP contribution is 2.25. The zero-order valence-corrected chi connectivity index (χ0v) is 18.6. The van der Waals surface area contributed by atoms with Gasteiger partial charge < -0.3 is 9.64 Å². The van der Waals surface area contributed by atoms with Gasteiger partial charge in [0.2, 0.25) is 5.91 Å². The van der Waals surface area contributed by atoms with Crippen LogP contribution < -0.4 is 0 Å². The number of nitrogens with zero attached hydrogens (tertiary/aromatic N) is 3. The number of aromatic nitrogens is 3. The number of carbonyl (C=O) groups excluding carboxylic acids is 1. The maximum atomic E-state index is 12.8. The fourth-order valence-electron chi connectivity index (χ4n) is 4.53. The summed E-state index contributed by atoms with van der Waals surface area (Å²) in [7, 11) is 0. The highest BCUT2D eigenvalue weighted by Gasteiger charge is 2.26. The van der Waals surface area contributed by atoms with E-state index in [4.69, 9.17) is 17.0 Å². The summed E-state index contributed by atoms with van der Waals surface area (Å²) in [5.74, 6) is 0.969. The Morgan fingerprint density at radius 1 is 1.10 bits per heavy atom. The number of hydrogen-bond acceptors (Lipinski definition) is 4. The second-order valence-corrected chi connectivity index (χ2v) is 8.98. The number of aromatic amines is 1. The van der Waals surface area contributed by atoms with Crippen LogP contribution in [0.2, 0.25) is 0 Å². The molecule has 0 radical (unpaired) electrons. The van der Waals surface area contributed by atoms with Crippen LogP contribution in [0.3, 0.4) is 0 Å². The van der Waals surface area contributed by atoms with E-state index in [0.29, 0.717) is 29.9 Å². The monoisotopic (exact) mass is 428 g/mol. The van der Waals surface area contributed by atoms with Crippen molar-refractivity contribution in [1.29, 1.82) is 0 Å². The van der Waals surface area contributed by atoms with E-state index in [2.05, 4.69) is 29.3 Å². The zero-order valence-electron chi connectivity index (χ0n) is 17.8. The van der Waals surface area contributed by atoms with Gasteiger partial charge in [-0.3, -0.25) is 14.5 Å². The van der Waals surface area contributed by atoms with E-state index in [1.807, 2.05) is 21.6 Å². The van der Waals surface area contributed by atoms with E-state index < -0.39 is 0 Å². The van der Waals surface area contributed by atoms with Crippen molar-refractivity contribution < 1.29 is 9.53 Å². The summed E-state index contributed by atoms with van der Waals surface area (Å²) >= 11 is 5.40. The number of nitrogens with one attached hydrogen (secondary N) is 1. The lowest BCUT2D eigenvalue weighted by molar-refractivity contribution is -0.135. The van der Waals surface area contributed by atoms with Crippen molar-refractivity contribution in [3.63, 3.8) is 0 Å². The maximum Gasteiger partial charge on any atom is 0.224 e. The van der Waals surface area contributed by atoms with Crippen LogP contribution in [-0.4, -0.2) is 50.9 Å². The van der Waals surface area contributed by atoms with Crippen molar-refractivity contribution in [3.05, 3.63) is 34.6 Å². The van der Waals surface area contributed by atoms with Gasteiger partial charge in [-0.15, -0.1) is 0 Å². The molecule has 1 amide bonds. The lowest BCUT2D eigenvalue weighted by Crippen LogP contribution is -2.42. The van der Waals surface area contributed by atoms with Crippen LogP contribution in [-0.2, 0) is 16.1 Å². The van der Waals surface area contributed by atoms with Crippen LogP contribution in [0.25, 0.3) is 11.4 Å². The predicted octanol–water partition coefficient (Wildman–Crippen LogP) is 4.65. The van der Waals surface area contributed by atoms with Crippen molar-refractivity contribution in [3.8, 4) is 11.4 Å². The number of rotatable bonds is 6. The van der Waals surface area contributed by atoms with Gasteiger partial charge in [0.05, 0.1) is 12.2 Å². The Bertz CT molecular complexity index is 891. The number of amides is 1. The molecule has 2 aliphatic rings. The highest BCUT2D eigenvalue weighted by atomic mass is 32.1. The predicted molar refractivity (Wildman–Crippen MR) is 120 cm³/mol. The minimum atomic E-state index is 0.184. The number of H-pyrrole nitrogens is 1. The molecule has 2 fully saturated rings. The molecule has 6 nitrogen and oxygen atoms in total. The molecule has 2 aromatic rings. The van der Waals surface area contributed by atoms with Crippen LogP contribution >= 0.6 is 12.2 Å². The van der Waals surface area contributed by atoms with Crippen molar-refractivity contribution >= 4 is 18.1 Å². The molecule has 1 aliphatic carbocycles. The van der Waals surface area contributed by atoms with Crippen LogP contribution in [0.5, 0.6) is 0 Å². The van der Waals surface area contributed by atoms with Crippen molar-refractivity contribution in [2.24, 2.45) is 0 Å². The number of ether oxygens (including phenoxy) is 1. The maximum absolute atomic E-state index is 12.8. The first kappa shape index (κ1) is 21.2. The largest absolute Gasteiger partial charge is 0.375 e.